The third-order valence-corrected chi connectivity index (χ3v) is 10.8. The second-order valence-corrected chi connectivity index (χ2v) is 13.9. The molecule has 0 fully saturated rings. The molecule has 0 unspecified atom stereocenters. The van der Waals surface area contributed by atoms with E-state index < -0.39 is 0 Å². The lowest BCUT2D eigenvalue weighted by atomic mass is 9.91. The smallest absolute Gasteiger partial charge is 0.0526 e. The van der Waals surface area contributed by atoms with E-state index in [2.05, 4.69) is 196 Å². The number of nitrogens with zero attached hydrogens (tertiary/aromatic N) is 1. The molecule has 51 heavy (non-hydrogen) atoms. The molecule has 0 heterocycles. The summed E-state index contributed by atoms with van der Waals surface area (Å²) in [5.41, 5.74) is 13.6. The van der Waals surface area contributed by atoms with Crippen molar-refractivity contribution in [2.24, 2.45) is 0 Å². The number of aryl methyl sites for hydroxylation is 4. The molecular formula is C50H39N. The van der Waals surface area contributed by atoms with Crippen LogP contribution >= 0.6 is 0 Å². The van der Waals surface area contributed by atoms with Crippen molar-refractivity contribution in [3.63, 3.8) is 0 Å². The van der Waals surface area contributed by atoms with Gasteiger partial charge in [0.2, 0.25) is 0 Å². The summed E-state index contributed by atoms with van der Waals surface area (Å²) in [7, 11) is 0. The van der Waals surface area contributed by atoms with Crippen LogP contribution in [0.5, 0.6) is 0 Å². The average molecular weight is 654 g/mol. The van der Waals surface area contributed by atoms with Gasteiger partial charge in [0.05, 0.1) is 5.69 Å². The summed E-state index contributed by atoms with van der Waals surface area (Å²) in [6, 6.07) is 60.1. The van der Waals surface area contributed by atoms with E-state index in [0.29, 0.717) is 0 Å². The van der Waals surface area contributed by atoms with Gasteiger partial charge in [-0.1, -0.05) is 140 Å². The molecule has 1 heteroatoms. The summed E-state index contributed by atoms with van der Waals surface area (Å²) in [6.45, 7) is 9.13. The first-order valence-corrected chi connectivity index (χ1v) is 17.9. The summed E-state index contributed by atoms with van der Waals surface area (Å²) in [4.78, 5) is 2.51. The molecule has 0 aliphatic carbocycles. The molecule has 0 atom stereocenters. The minimum Gasteiger partial charge on any atom is -0.310 e. The summed E-state index contributed by atoms with van der Waals surface area (Å²) < 4.78 is 0. The maximum atomic E-state index is 2.51. The number of benzene rings is 9. The highest BCUT2D eigenvalue weighted by Crippen LogP contribution is 2.46. The summed E-state index contributed by atoms with van der Waals surface area (Å²) in [6.07, 6.45) is 0. The molecule has 0 spiro atoms. The lowest BCUT2D eigenvalue weighted by Crippen LogP contribution is -2.15. The van der Waals surface area contributed by atoms with E-state index in [1.165, 1.54) is 99.0 Å². The molecule has 0 amide bonds. The number of anilines is 3. The summed E-state index contributed by atoms with van der Waals surface area (Å²) >= 11 is 0. The Labute approximate surface area is 300 Å². The Balaban J connectivity index is 1.24. The van der Waals surface area contributed by atoms with Gasteiger partial charge < -0.3 is 4.90 Å². The van der Waals surface area contributed by atoms with Crippen LogP contribution in [0.2, 0.25) is 0 Å². The van der Waals surface area contributed by atoms with E-state index in [4.69, 9.17) is 0 Å². The Morgan fingerprint density at radius 1 is 0.353 bits per heavy atom. The predicted octanol–water partition coefficient (Wildman–Crippen LogP) is 14.3. The fourth-order valence-corrected chi connectivity index (χ4v) is 8.27. The Bertz CT molecular complexity index is 2760. The molecule has 0 bridgehead atoms. The Morgan fingerprint density at radius 2 is 0.882 bits per heavy atom. The first kappa shape index (κ1) is 30.8. The van der Waals surface area contributed by atoms with E-state index in [9.17, 15) is 0 Å². The quantitative estimate of drug-likeness (QED) is 0.167. The molecule has 9 aromatic carbocycles. The fourth-order valence-electron chi connectivity index (χ4n) is 8.27. The monoisotopic (exact) mass is 653 g/mol. The fraction of sp³-hybridized carbons (Fsp3) is 0.0800. The minimum atomic E-state index is 1.15. The standard InChI is InChI=1S/C50H39N/c1-32-31-48(34(3)44-29-25-41-15-9-11-17-46(41)49(32)44)51(50-33(2)30-47-43(35(50)4)28-24-40-14-8-10-16-45(40)47)42-26-22-39(23-27-42)38-20-18-37(19-21-38)36-12-6-5-7-13-36/h5-31H,1-4H3. The first-order valence-electron chi connectivity index (χ1n) is 17.9. The van der Waals surface area contributed by atoms with Crippen LogP contribution in [-0.4, -0.2) is 0 Å². The molecular weight excluding hydrogens is 615 g/mol. The highest BCUT2D eigenvalue weighted by Gasteiger charge is 2.23. The van der Waals surface area contributed by atoms with Gasteiger partial charge in [0, 0.05) is 11.4 Å². The van der Waals surface area contributed by atoms with Gasteiger partial charge in [-0.25, -0.2) is 0 Å². The van der Waals surface area contributed by atoms with Crippen LogP contribution in [0.1, 0.15) is 22.3 Å². The summed E-state index contributed by atoms with van der Waals surface area (Å²) in [5.74, 6) is 0. The van der Waals surface area contributed by atoms with Gasteiger partial charge in [-0.05, 0) is 140 Å². The molecule has 1 nitrogen and oxygen atoms in total. The molecule has 0 aromatic heterocycles. The zero-order valence-electron chi connectivity index (χ0n) is 29.5. The third-order valence-electron chi connectivity index (χ3n) is 10.8. The van der Waals surface area contributed by atoms with Crippen molar-refractivity contribution in [1.82, 2.24) is 0 Å². The molecule has 0 aliphatic heterocycles. The molecule has 0 N–H and O–H groups in total. The van der Waals surface area contributed by atoms with E-state index in [1.807, 2.05) is 0 Å². The molecule has 0 aliphatic rings. The van der Waals surface area contributed by atoms with E-state index in [1.54, 1.807) is 0 Å². The zero-order valence-corrected chi connectivity index (χ0v) is 29.5. The average Bonchev–Trinajstić information content (AvgIpc) is 3.18. The second kappa shape index (κ2) is 12.3. The first-order chi connectivity index (χ1) is 25.0. The van der Waals surface area contributed by atoms with Gasteiger partial charge in [0.15, 0.2) is 0 Å². The minimum absolute atomic E-state index is 1.15. The Hall–Kier alpha value is -6.18. The molecule has 0 saturated carbocycles. The van der Waals surface area contributed by atoms with Crippen LogP contribution in [0.4, 0.5) is 17.1 Å². The van der Waals surface area contributed by atoms with Gasteiger partial charge in [-0.2, -0.15) is 0 Å². The predicted molar refractivity (Wildman–Crippen MR) is 221 cm³/mol. The van der Waals surface area contributed by atoms with Crippen molar-refractivity contribution in [1.29, 1.82) is 0 Å². The van der Waals surface area contributed by atoms with Crippen LogP contribution in [0.25, 0.3) is 65.3 Å². The van der Waals surface area contributed by atoms with Gasteiger partial charge in [-0.15, -0.1) is 0 Å². The van der Waals surface area contributed by atoms with Crippen molar-refractivity contribution in [3.8, 4) is 22.3 Å². The van der Waals surface area contributed by atoms with Crippen LogP contribution in [0, 0.1) is 27.7 Å². The van der Waals surface area contributed by atoms with E-state index in [-0.39, 0.29) is 0 Å². The summed E-state index contributed by atoms with van der Waals surface area (Å²) in [5, 5.41) is 10.4. The largest absolute Gasteiger partial charge is 0.310 e. The number of hydrogen-bond donors (Lipinski definition) is 0. The lowest BCUT2D eigenvalue weighted by molar-refractivity contribution is 1.21. The van der Waals surface area contributed by atoms with Crippen LogP contribution in [0.3, 0.4) is 0 Å². The molecule has 244 valence electrons. The molecule has 9 aromatic rings. The maximum Gasteiger partial charge on any atom is 0.0526 e. The highest BCUT2D eigenvalue weighted by molar-refractivity contribution is 6.13. The van der Waals surface area contributed by atoms with Crippen molar-refractivity contribution in [2.45, 2.75) is 27.7 Å². The van der Waals surface area contributed by atoms with Crippen LogP contribution < -0.4 is 4.90 Å². The van der Waals surface area contributed by atoms with Crippen molar-refractivity contribution in [3.05, 3.63) is 186 Å². The van der Waals surface area contributed by atoms with E-state index >= 15 is 0 Å². The zero-order chi connectivity index (χ0) is 34.6. The van der Waals surface area contributed by atoms with Crippen molar-refractivity contribution in [2.75, 3.05) is 4.90 Å². The van der Waals surface area contributed by atoms with Gasteiger partial charge in [-0.3, -0.25) is 0 Å². The highest BCUT2D eigenvalue weighted by atomic mass is 15.1. The normalized spacial score (nSPS) is 11.5. The van der Waals surface area contributed by atoms with Crippen LogP contribution in [0.15, 0.2) is 164 Å². The third kappa shape index (κ3) is 5.16. The SMILES string of the molecule is Cc1cc2c(ccc3ccccc32)c(C)c1N(c1ccc(-c2ccc(-c3ccccc3)cc2)cc1)c1cc(C)c2c(ccc3ccccc32)c1C. The lowest BCUT2D eigenvalue weighted by Gasteiger charge is -2.32. The van der Waals surface area contributed by atoms with Crippen molar-refractivity contribution < 1.29 is 0 Å². The topological polar surface area (TPSA) is 3.24 Å². The second-order valence-electron chi connectivity index (χ2n) is 13.9. The van der Waals surface area contributed by atoms with E-state index in [0.717, 1.165) is 5.69 Å². The van der Waals surface area contributed by atoms with Gasteiger partial charge in [0.25, 0.3) is 0 Å². The Morgan fingerprint density at radius 3 is 1.55 bits per heavy atom. The van der Waals surface area contributed by atoms with Crippen molar-refractivity contribution >= 4 is 60.2 Å². The maximum absolute atomic E-state index is 2.51. The Kier molecular flexibility index (Phi) is 7.44. The van der Waals surface area contributed by atoms with Gasteiger partial charge >= 0.3 is 0 Å². The molecule has 9 rings (SSSR count). The number of fused-ring (bicyclic) bond motifs is 6. The molecule has 0 saturated heterocycles. The molecule has 0 radical (unpaired) electrons. The number of rotatable bonds is 5. The number of hydrogen-bond acceptors (Lipinski definition) is 1. The van der Waals surface area contributed by atoms with Gasteiger partial charge in [0.1, 0.15) is 0 Å². The van der Waals surface area contributed by atoms with Crippen LogP contribution in [-0.2, 0) is 0 Å².